The van der Waals surface area contributed by atoms with Gasteiger partial charge in [0.1, 0.15) is 0 Å². The molecule has 0 atom stereocenters. The van der Waals surface area contributed by atoms with E-state index in [1.165, 1.54) is 12.1 Å². The predicted molar refractivity (Wildman–Crippen MR) is 76.7 cm³/mol. The van der Waals surface area contributed by atoms with Crippen LogP contribution in [0, 0.1) is 7.14 Å². The van der Waals surface area contributed by atoms with Crippen molar-refractivity contribution in [2.75, 3.05) is 5.75 Å². The first-order valence-electron chi connectivity index (χ1n) is 6.74. The van der Waals surface area contributed by atoms with E-state index in [0.717, 1.165) is 12.7 Å². The molecule has 0 saturated carbocycles. The van der Waals surface area contributed by atoms with Crippen LogP contribution in [-0.4, -0.2) is 24.9 Å². The monoisotopic (exact) mass is 511 g/mol. The van der Waals surface area contributed by atoms with E-state index in [4.69, 9.17) is 4.55 Å². The molecule has 2 aromatic rings. The Morgan fingerprint density at radius 3 is 1.96 bits per heavy atom. The van der Waals surface area contributed by atoms with Crippen LogP contribution >= 0.6 is 0 Å². The summed E-state index contributed by atoms with van der Waals surface area (Å²) in [5.74, 6) is -2.18. The van der Waals surface area contributed by atoms with E-state index >= 15 is 0 Å². The first-order valence-corrected chi connectivity index (χ1v) is 10.5. The van der Waals surface area contributed by atoms with E-state index in [9.17, 15) is 34.8 Å². The van der Waals surface area contributed by atoms with Crippen molar-refractivity contribution in [1.82, 2.24) is 0 Å². The molecule has 3 nitrogen and oxygen atoms in total. The summed E-state index contributed by atoms with van der Waals surface area (Å²) in [6, 6.07) is 11.9. The Kier molecular flexibility index (Phi) is 5.93. The van der Waals surface area contributed by atoms with E-state index < -0.39 is 55.0 Å². The number of hydrogen-bond donors (Lipinski definition) is 1. The SMILES string of the molecule is FC(F)(F)c1cccc2c1-c1ccccc1[I+]2.O=S(=O)(O)CC(F)(F)F. The summed E-state index contributed by atoms with van der Waals surface area (Å²) in [4.78, 5) is 0. The lowest BCUT2D eigenvalue weighted by Crippen LogP contribution is -3.61. The molecule has 142 valence electrons. The predicted octanol–water partition coefficient (Wildman–Crippen LogP) is 1.25. The summed E-state index contributed by atoms with van der Waals surface area (Å²) in [7, 11) is -4.91. The van der Waals surface area contributed by atoms with Crippen LogP contribution in [-0.2, 0) is 16.3 Å². The van der Waals surface area contributed by atoms with E-state index in [1.54, 1.807) is 12.1 Å². The van der Waals surface area contributed by atoms with Gasteiger partial charge in [-0.1, -0.05) is 18.2 Å². The summed E-state index contributed by atoms with van der Waals surface area (Å²) in [6.07, 6.45) is -9.12. The number of hydrogen-bond acceptors (Lipinski definition) is 2. The van der Waals surface area contributed by atoms with Crippen LogP contribution in [0.25, 0.3) is 11.1 Å². The lowest BCUT2D eigenvalue weighted by Gasteiger charge is -2.09. The molecule has 0 unspecified atom stereocenters. The van der Waals surface area contributed by atoms with Crippen LogP contribution in [0.2, 0.25) is 0 Å². The summed E-state index contributed by atoms with van der Waals surface area (Å²) in [5.41, 5.74) is 0.672. The standard InChI is InChI=1S/C13H7F3I.C2H3F3O3S/c14-13(15,16)9-5-3-7-11-12(9)8-4-1-2-6-10(8)17-11;3-2(4,5)1-9(6,7)8/h1-7H;1H2,(H,6,7,8)/q+1;. The zero-order valence-electron chi connectivity index (χ0n) is 12.6. The van der Waals surface area contributed by atoms with E-state index in [-0.39, 0.29) is 0 Å². The van der Waals surface area contributed by atoms with Crippen molar-refractivity contribution in [1.29, 1.82) is 0 Å². The average molecular weight is 511 g/mol. The van der Waals surface area contributed by atoms with Crippen LogP contribution in [0.5, 0.6) is 0 Å². The molecule has 0 saturated heterocycles. The van der Waals surface area contributed by atoms with Crippen LogP contribution in [0.3, 0.4) is 0 Å². The van der Waals surface area contributed by atoms with Gasteiger partial charge in [0.05, 0.1) is 11.1 Å². The molecule has 2 aromatic carbocycles. The summed E-state index contributed by atoms with van der Waals surface area (Å²) in [6.45, 7) is 0. The molecule has 1 heterocycles. The molecular weight excluding hydrogens is 501 g/mol. The van der Waals surface area contributed by atoms with Gasteiger partial charge in [0.15, 0.2) is 5.75 Å². The van der Waals surface area contributed by atoms with Crippen molar-refractivity contribution in [3.8, 4) is 11.1 Å². The van der Waals surface area contributed by atoms with Gasteiger partial charge in [-0.05, 0) is 24.3 Å². The minimum absolute atomic E-state index is 0.406. The van der Waals surface area contributed by atoms with Gasteiger partial charge in [-0.3, -0.25) is 4.55 Å². The highest BCUT2D eigenvalue weighted by atomic mass is 127. The number of halogens is 7. The molecule has 1 N–H and O–H groups in total. The normalized spacial score (nSPS) is 13.5. The van der Waals surface area contributed by atoms with Gasteiger partial charge in [0, 0.05) is 5.56 Å². The molecule has 0 aliphatic carbocycles. The first kappa shape index (κ1) is 21.0. The van der Waals surface area contributed by atoms with Gasteiger partial charge in [-0.25, -0.2) is 0 Å². The zero-order valence-corrected chi connectivity index (χ0v) is 15.5. The van der Waals surface area contributed by atoms with Gasteiger partial charge in [-0.2, -0.15) is 34.8 Å². The molecule has 26 heavy (non-hydrogen) atoms. The highest BCUT2D eigenvalue weighted by Crippen LogP contribution is 2.37. The van der Waals surface area contributed by atoms with E-state index in [0.29, 0.717) is 5.56 Å². The number of benzene rings is 2. The highest BCUT2D eigenvalue weighted by Gasteiger charge is 2.42. The fourth-order valence-corrected chi connectivity index (χ4v) is 5.58. The lowest BCUT2D eigenvalue weighted by molar-refractivity contribution is -0.590. The molecule has 0 amide bonds. The van der Waals surface area contributed by atoms with Gasteiger partial charge >= 0.3 is 33.6 Å². The fraction of sp³-hybridized carbons (Fsp3) is 0.200. The maximum Gasteiger partial charge on any atom is 0.417 e. The van der Waals surface area contributed by atoms with Crippen molar-refractivity contribution >= 4 is 10.1 Å². The molecule has 3 rings (SSSR count). The maximum atomic E-state index is 12.9. The largest absolute Gasteiger partial charge is 0.417 e. The second kappa shape index (κ2) is 7.35. The third-order valence-corrected chi connectivity index (χ3v) is 6.71. The quantitative estimate of drug-likeness (QED) is 0.304. The molecule has 11 heteroatoms. The highest BCUT2D eigenvalue weighted by molar-refractivity contribution is 7.85. The lowest BCUT2D eigenvalue weighted by atomic mass is 9.99. The maximum absolute atomic E-state index is 12.9. The minimum Gasteiger partial charge on any atom is -0.285 e. The third-order valence-electron chi connectivity index (χ3n) is 3.01. The fourth-order valence-electron chi connectivity index (χ4n) is 2.18. The Hall–Kier alpha value is -1.34. The molecule has 1 aliphatic rings. The smallest absolute Gasteiger partial charge is 0.285 e. The Morgan fingerprint density at radius 1 is 0.885 bits per heavy atom. The van der Waals surface area contributed by atoms with Gasteiger partial charge in [0.25, 0.3) is 10.1 Å². The first-order chi connectivity index (χ1) is 11.8. The minimum atomic E-state index is -4.91. The molecule has 0 fully saturated rings. The van der Waals surface area contributed by atoms with Gasteiger partial charge in [0.2, 0.25) is 7.14 Å². The second-order valence-electron chi connectivity index (χ2n) is 5.08. The average Bonchev–Trinajstić information content (AvgIpc) is 2.81. The van der Waals surface area contributed by atoms with Crippen LogP contribution in [0.15, 0.2) is 42.5 Å². The van der Waals surface area contributed by atoms with Crippen molar-refractivity contribution in [2.24, 2.45) is 0 Å². The Balaban J connectivity index is 0.000000232. The molecule has 0 aromatic heterocycles. The van der Waals surface area contributed by atoms with E-state index in [1.807, 2.05) is 18.2 Å². The van der Waals surface area contributed by atoms with Crippen molar-refractivity contribution < 1.29 is 60.5 Å². The Labute approximate surface area is 155 Å². The van der Waals surface area contributed by atoms with Crippen molar-refractivity contribution in [3.05, 3.63) is 55.2 Å². The molecule has 0 spiro atoms. The van der Waals surface area contributed by atoms with Crippen LogP contribution < -0.4 is 21.2 Å². The second-order valence-corrected chi connectivity index (χ2v) is 9.39. The number of fused-ring (bicyclic) bond motifs is 3. The summed E-state index contributed by atoms with van der Waals surface area (Å²) in [5, 5.41) is 0. The molecule has 0 bridgehead atoms. The Morgan fingerprint density at radius 2 is 1.46 bits per heavy atom. The van der Waals surface area contributed by atoms with Crippen molar-refractivity contribution in [3.63, 3.8) is 0 Å². The Bertz CT molecular complexity index is 906. The number of rotatable bonds is 1. The zero-order chi connectivity index (χ0) is 19.8. The molecule has 1 aliphatic heterocycles. The van der Waals surface area contributed by atoms with Gasteiger partial charge < -0.3 is 0 Å². The molecule has 0 radical (unpaired) electrons. The summed E-state index contributed by atoms with van der Waals surface area (Å²) < 4.78 is 100. The molecular formula is C15H10F6IO3S+. The van der Waals surface area contributed by atoms with Gasteiger partial charge in [-0.15, -0.1) is 0 Å². The van der Waals surface area contributed by atoms with Crippen LogP contribution in [0.4, 0.5) is 26.3 Å². The number of alkyl halides is 6. The van der Waals surface area contributed by atoms with Crippen molar-refractivity contribution in [2.45, 2.75) is 12.4 Å². The van der Waals surface area contributed by atoms with E-state index in [2.05, 4.69) is 0 Å². The topological polar surface area (TPSA) is 54.4 Å². The third kappa shape index (κ3) is 5.58. The summed E-state index contributed by atoms with van der Waals surface area (Å²) >= 11 is -0.462. The van der Waals surface area contributed by atoms with Crippen LogP contribution in [0.1, 0.15) is 5.56 Å².